The van der Waals surface area contributed by atoms with Gasteiger partial charge in [-0.2, -0.15) is 0 Å². The first-order chi connectivity index (χ1) is 6.09. The molecule has 1 aromatic heterocycles. The molecule has 1 rings (SSSR count). The summed E-state index contributed by atoms with van der Waals surface area (Å²) < 4.78 is 0. The molecular weight excluding hydrogens is 188 g/mol. The van der Waals surface area contributed by atoms with Gasteiger partial charge in [-0.25, -0.2) is 4.98 Å². The molecule has 0 aliphatic rings. The maximum atomic E-state index is 10.3. The molecule has 5 heteroatoms. The molecule has 72 valence electrons. The van der Waals surface area contributed by atoms with Crippen LogP contribution in [-0.2, 0) is 4.79 Å². The van der Waals surface area contributed by atoms with Crippen molar-refractivity contribution in [1.29, 1.82) is 0 Å². The van der Waals surface area contributed by atoms with Gasteiger partial charge in [-0.1, -0.05) is 0 Å². The van der Waals surface area contributed by atoms with Crippen LogP contribution >= 0.6 is 11.3 Å². The van der Waals surface area contributed by atoms with Gasteiger partial charge in [0.2, 0.25) is 0 Å². The van der Waals surface area contributed by atoms with Crippen molar-refractivity contribution in [1.82, 2.24) is 4.98 Å². The van der Waals surface area contributed by atoms with Crippen LogP contribution in [0, 0.1) is 6.92 Å². The van der Waals surface area contributed by atoms with E-state index in [1.165, 1.54) is 11.3 Å². The minimum Gasteiger partial charge on any atom is -0.481 e. The summed E-state index contributed by atoms with van der Waals surface area (Å²) >= 11 is 1.52. The summed E-state index contributed by atoms with van der Waals surface area (Å²) in [5.74, 6) is -0.809. The number of carbonyl (C=O) groups is 1. The lowest BCUT2D eigenvalue weighted by molar-refractivity contribution is -0.137. The first-order valence-corrected chi connectivity index (χ1v) is 4.81. The molecule has 0 aliphatic heterocycles. The lowest BCUT2D eigenvalue weighted by atomic mass is 10.1. The molecule has 0 bridgehead atoms. The molecule has 1 aromatic rings. The van der Waals surface area contributed by atoms with Crippen molar-refractivity contribution >= 4 is 17.3 Å². The predicted octanol–water partition coefficient (Wildman–Crippen LogP) is 1.32. The molecule has 13 heavy (non-hydrogen) atoms. The number of aromatic nitrogens is 1. The lowest BCUT2D eigenvalue weighted by Gasteiger charge is -2.05. The Labute approximate surface area is 80.4 Å². The normalized spacial score (nSPS) is 12.8. The van der Waals surface area contributed by atoms with Gasteiger partial charge in [0.25, 0.3) is 0 Å². The molecule has 0 aromatic carbocycles. The third-order valence-electron chi connectivity index (χ3n) is 1.67. The van der Waals surface area contributed by atoms with E-state index in [2.05, 4.69) is 4.98 Å². The molecule has 0 saturated heterocycles. The van der Waals surface area contributed by atoms with Gasteiger partial charge in [-0.3, -0.25) is 4.79 Å². The number of thiazole rings is 1. The van der Waals surface area contributed by atoms with Gasteiger partial charge in [0.1, 0.15) is 0 Å². The average Bonchev–Trinajstić information content (AvgIpc) is 2.47. The van der Waals surface area contributed by atoms with Crippen LogP contribution in [0.5, 0.6) is 0 Å². The summed E-state index contributed by atoms with van der Waals surface area (Å²) in [6, 6.07) is -0.192. The molecule has 3 N–H and O–H groups in total. The summed E-state index contributed by atoms with van der Waals surface area (Å²) in [5, 5.41) is 9.41. The van der Waals surface area contributed by atoms with Crippen LogP contribution in [-0.4, -0.2) is 16.1 Å². The Hall–Kier alpha value is -0.940. The van der Waals surface area contributed by atoms with Gasteiger partial charge in [-0.15, -0.1) is 11.3 Å². The lowest BCUT2D eigenvalue weighted by Crippen LogP contribution is -2.10. The third kappa shape index (κ3) is 3.12. The quantitative estimate of drug-likeness (QED) is 0.768. The Balaban J connectivity index is 2.48. The van der Waals surface area contributed by atoms with Gasteiger partial charge >= 0.3 is 5.97 Å². The van der Waals surface area contributed by atoms with Gasteiger partial charge in [0.15, 0.2) is 0 Å². The molecule has 1 unspecified atom stereocenters. The van der Waals surface area contributed by atoms with E-state index in [1.807, 2.05) is 6.92 Å². The van der Waals surface area contributed by atoms with Gasteiger partial charge in [0, 0.05) is 23.5 Å². The monoisotopic (exact) mass is 200 g/mol. The smallest absolute Gasteiger partial charge is 0.303 e. The van der Waals surface area contributed by atoms with Crippen LogP contribution in [0.3, 0.4) is 0 Å². The van der Waals surface area contributed by atoms with E-state index in [-0.39, 0.29) is 12.5 Å². The van der Waals surface area contributed by atoms with Crippen molar-refractivity contribution in [3.63, 3.8) is 0 Å². The number of carboxylic acid groups (broad SMARTS) is 1. The fraction of sp³-hybridized carbons (Fsp3) is 0.500. The van der Waals surface area contributed by atoms with Crippen molar-refractivity contribution in [2.24, 2.45) is 5.73 Å². The highest BCUT2D eigenvalue weighted by Gasteiger charge is 2.10. The maximum absolute atomic E-state index is 10.3. The second kappa shape index (κ2) is 4.34. The zero-order valence-electron chi connectivity index (χ0n) is 7.36. The number of nitrogens with two attached hydrogens (primary N) is 1. The van der Waals surface area contributed by atoms with E-state index in [0.717, 1.165) is 9.88 Å². The van der Waals surface area contributed by atoms with Crippen molar-refractivity contribution in [3.8, 4) is 0 Å². The van der Waals surface area contributed by atoms with E-state index in [0.29, 0.717) is 6.42 Å². The fourth-order valence-corrected chi connectivity index (χ4v) is 1.79. The Morgan fingerprint density at radius 2 is 2.54 bits per heavy atom. The molecule has 0 radical (unpaired) electrons. The van der Waals surface area contributed by atoms with E-state index in [9.17, 15) is 4.79 Å². The van der Waals surface area contributed by atoms with Gasteiger partial charge in [0.05, 0.1) is 5.01 Å². The fourth-order valence-electron chi connectivity index (χ4n) is 0.970. The second-order valence-corrected chi connectivity index (χ2v) is 4.09. The topological polar surface area (TPSA) is 76.2 Å². The van der Waals surface area contributed by atoms with E-state index >= 15 is 0 Å². The predicted molar refractivity (Wildman–Crippen MR) is 50.6 cm³/mol. The summed E-state index contributed by atoms with van der Waals surface area (Å²) in [5.41, 5.74) is 5.76. The molecule has 0 aliphatic carbocycles. The van der Waals surface area contributed by atoms with Crippen LogP contribution < -0.4 is 5.73 Å². The van der Waals surface area contributed by atoms with E-state index in [4.69, 9.17) is 10.8 Å². The molecule has 4 nitrogen and oxygen atoms in total. The Bertz CT molecular complexity index is 298. The number of rotatable bonds is 4. The molecule has 0 saturated carbocycles. The number of hydrogen-bond donors (Lipinski definition) is 2. The third-order valence-corrected chi connectivity index (χ3v) is 2.72. The first-order valence-electron chi connectivity index (χ1n) is 3.99. The zero-order chi connectivity index (χ0) is 9.84. The number of aliphatic carboxylic acids is 1. The first kappa shape index (κ1) is 10.1. The Morgan fingerprint density at radius 3 is 3.00 bits per heavy atom. The van der Waals surface area contributed by atoms with Crippen LogP contribution in [0.25, 0.3) is 0 Å². The molecule has 1 atom stereocenters. The zero-order valence-corrected chi connectivity index (χ0v) is 8.17. The number of aryl methyl sites for hydroxylation is 1. The largest absolute Gasteiger partial charge is 0.481 e. The van der Waals surface area contributed by atoms with Crippen molar-refractivity contribution in [3.05, 3.63) is 16.1 Å². The van der Waals surface area contributed by atoms with Crippen LogP contribution in [0.15, 0.2) is 6.20 Å². The Morgan fingerprint density at radius 1 is 1.85 bits per heavy atom. The number of carboxylic acids is 1. The van der Waals surface area contributed by atoms with Gasteiger partial charge in [-0.05, 0) is 13.3 Å². The highest BCUT2D eigenvalue weighted by atomic mass is 32.1. The van der Waals surface area contributed by atoms with Crippen molar-refractivity contribution in [2.45, 2.75) is 25.8 Å². The molecule has 1 heterocycles. The van der Waals surface area contributed by atoms with Gasteiger partial charge < -0.3 is 10.8 Å². The minimum atomic E-state index is -0.809. The minimum absolute atomic E-state index is 0.109. The highest BCUT2D eigenvalue weighted by Crippen LogP contribution is 2.21. The van der Waals surface area contributed by atoms with Crippen LogP contribution in [0.2, 0.25) is 0 Å². The van der Waals surface area contributed by atoms with Crippen LogP contribution in [0.4, 0.5) is 0 Å². The molecule has 0 amide bonds. The summed E-state index contributed by atoms with van der Waals surface area (Å²) in [4.78, 5) is 15.3. The summed E-state index contributed by atoms with van der Waals surface area (Å²) in [7, 11) is 0. The highest BCUT2D eigenvalue weighted by molar-refractivity contribution is 7.11. The molecule has 0 spiro atoms. The molecular formula is C8H12N2O2S. The number of nitrogens with zero attached hydrogens (tertiary/aromatic N) is 1. The SMILES string of the molecule is Cc1ncc(C(N)CCC(=O)O)s1. The second-order valence-electron chi connectivity index (χ2n) is 2.82. The summed E-state index contributed by atoms with van der Waals surface area (Å²) in [6.45, 7) is 1.90. The van der Waals surface area contributed by atoms with Crippen molar-refractivity contribution < 1.29 is 9.90 Å². The standard InChI is InChI=1S/C8H12N2O2S/c1-5-10-4-7(13-5)6(9)2-3-8(11)12/h4,6H,2-3,9H2,1H3,(H,11,12). The Kier molecular flexibility index (Phi) is 3.39. The van der Waals surface area contributed by atoms with E-state index in [1.54, 1.807) is 6.20 Å². The number of hydrogen-bond acceptors (Lipinski definition) is 4. The summed E-state index contributed by atoms with van der Waals surface area (Å²) in [6.07, 6.45) is 2.29. The van der Waals surface area contributed by atoms with Crippen molar-refractivity contribution in [2.75, 3.05) is 0 Å². The van der Waals surface area contributed by atoms with Crippen LogP contribution in [0.1, 0.15) is 28.8 Å². The maximum Gasteiger partial charge on any atom is 0.303 e. The molecule has 0 fully saturated rings. The van der Waals surface area contributed by atoms with E-state index < -0.39 is 5.97 Å². The average molecular weight is 200 g/mol.